The molecule has 9 nitrogen and oxygen atoms in total. The minimum absolute atomic E-state index is 0.289. The van der Waals surface area contributed by atoms with E-state index in [1.54, 1.807) is 35.9 Å². The van der Waals surface area contributed by atoms with Crippen molar-refractivity contribution in [2.24, 2.45) is 0 Å². The van der Waals surface area contributed by atoms with Crippen LogP contribution in [0.15, 0.2) is 36.8 Å². The van der Waals surface area contributed by atoms with E-state index in [4.69, 9.17) is 4.74 Å². The molecule has 4 heterocycles. The number of carbonyl (C=O) groups excluding carboxylic acids is 2. The van der Waals surface area contributed by atoms with E-state index in [2.05, 4.69) is 20.2 Å². The number of carbonyl (C=O) groups is 2. The third-order valence-corrected chi connectivity index (χ3v) is 5.76. The summed E-state index contributed by atoms with van der Waals surface area (Å²) in [7, 11) is 0. The second-order valence-electron chi connectivity index (χ2n) is 7.86. The van der Waals surface area contributed by atoms with Gasteiger partial charge in [0, 0.05) is 36.9 Å². The lowest BCUT2D eigenvalue weighted by molar-refractivity contribution is -0.138. The van der Waals surface area contributed by atoms with Gasteiger partial charge in [-0.1, -0.05) is 0 Å². The molecule has 1 aliphatic heterocycles. The lowest BCUT2D eigenvalue weighted by Gasteiger charge is -2.43. The van der Waals surface area contributed by atoms with Gasteiger partial charge in [0.1, 0.15) is 24.7 Å². The average Bonchev–Trinajstić information content (AvgIpc) is 3.28. The Balaban J connectivity index is 1.30. The van der Waals surface area contributed by atoms with E-state index >= 15 is 0 Å². The molecule has 0 atom stereocenters. The van der Waals surface area contributed by atoms with E-state index in [1.807, 2.05) is 0 Å². The number of fused-ring (bicyclic) bond motifs is 3. The molecule has 0 unspecified atom stereocenters. The number of hydrogen-bond donors (Lipinski definition) is 2. The SMILES string of the molecule is O=C(CN1C(=O)C2(CC(Oc3ccc4[nH]ncc4n3)C2)c2cnccc21)NCC(F)(F)F. The van der Waals surface area contributed by atoms with E-state index < -0.39 is 30.6 Å². The molecule has 3 aromatic heterocycles. The first-order valence-electron chi connectivity index (χ1n) is 9.82. The molecular formula is C20H17F3N6O3. The molecule has 1 fully saturated rings. The second kappa shape index (κ2) is 7.18. The fraction of sp³-hybridized carbons (Fsp3) is 0.350. The van der Waals surface area contributed by atoms with Crippen LogP contribution in [0.5, 0.6) is 5.88 Å². The Bertz CT molecular complexity index is 1200. The van der Waals surface area contributed by atoms with Crippen molar-refractivity contribution in [2.45, 2.75) is 30.5 Å². The number of nitrogens with one attached hydrogen (secondary N) is 2. The lowest BCUT2D eigenvalue weighted by Crippen LogP contribution is -2.55. The van der Waals surface area contributed by atoms with Crippen LogP contribution in [0.25, 0.3) is 11.0 Å². The van der Waals surface area contributed by atoms with Gasteiger partial charge in [0.25, 0.3) is 0 Å². The molecule has 1 spiro atoms. The average molecular weight is 446 g/mol. The van der Waals surface area contributed by atoms with E-state index in [1.165, 1.54) is 11.1 Å². The molecule has 12 heteroatoms. The fourth-order valence-electron chi connectivity index (χ4n) is 4.27. The van der Waals surface area contributed by atoms with Gasteiger partial charge in [-0.25, -0.2) is 4.98 Å². The maximum absolute atomic E-state index is 13.3. The summed E-state index contributed by atoms with van der Waals surface area (Å²) in [5.41, 5.74) is 1.63. The van der Waals surface area contributed by atoms with Crippen LogP contribution in [-0.4, -0.2) is 57.3 Å². The zero-order valence-corrected chi connectivity index (χ0v) is 16.5. The van der Waals surface area contributed by atoms with Crippen LogP contribution in [-0.2, 0) is 15.0 Å². The van der Waals surface area contributed by atoms with E-state index in [9.17, 15) is 22.8 Å². The largest absolute Gasteiger partial charge is 0.474 e. The van der Waals surface area contributed by atoms with Crippen molar-refractivity contribution in [1.82, 2.24) is 25.5 Å². The van der Waals surface area contributed by atoms with Crippen LogP contribution in [0, 0.1) is 0 Å². The Morgan fingerprint density at radius 2 is 2.09 bits per heavy atom. The summed E-state index contributed by atoms with van der Waals surface area (Å²) in [5.74, 6) is -0.833. The molecule has 1 aliphatic carbocycles. The molecule has 2 aliphatic rings. The van der Waals surface area contributed by atoms with Crippen molar-refractivity contribution in [3.8, 4) is 5.88 Å². The maximum Gasteiger partial charge on any atom is 0.405 e. The number of halogens is 3. The number of alkyl halides is 3. The van der Waals surface area contributed by atoms with Crippen LogP contribution in [0.3, 0.4) is 0 Å². The molecule has 0 radical (unpaired) electrons. The highest BCUT2D eigenvalue weighted by atomic mass is 19.4. The lowest BCUT2D eigenvalue weighted by atomic mass is 9.63. The van der Waals surface area contributed by atoms with Gasteiger partial charge >= 0.3 is 6.18 Å². The van der Waals surface area contributed by atoms with Crippen molar-refractivity contribution in [3.63, 3.8) is 0 Å². The zero-order valence-electron chi connectivity index (χ0n) is 16.5. The van der Waals surface area contributed by atoms with Gasteiger partial charge < -0.3 is 15.0 Å². The number of amides is 2. The predicted molar refractivity (Wildman–Crippen MR) is 105 cm³/mol. The maximum atomic E-state index is 13.3. The van der Waals surface area contributed by atoms with Crippen molar-refractivity contribution in [1.29, 1.82) is 0 Å². The molecule has 1 saturated carbocycles. The first-order valence-corrected chi connectivity index (χ1v) is 9.82. The fourth-order valence-corrected chi connectivity index (χ4v) is 4.27. The summed E-state index contributed by atoms with van der Waals surface area (Å²) in [6.07, 6.45) is 0.485. The summed E-state index contributed by atoms with van der Waals surface area (Å²) >= 11 is 0. The molecule has 0 aromatic carbocycles. The Morgan fingerprint density at radius 1 is 1.28 bits per heavy atom. The predicted octanol–water partition coefficient (Wildman–Crippen LogP) is 1.86. The van der Waals surface area contributed by atoms with Crippen LogP contribution < -0.4 is 15.0 Å². The van der Waals surface area contributed by atoms with Crippen molar-refractivity contribution >= 4 is 28.5 Å². The van der Waals surface area contributed by atoms with Crippen LogP contribution in [0.4, 0.5) is 18.9 Å². The number of rotatable bonds is 5. The van der Waals surface area contributed by atoms with Crippen molar-refractivity contribution in [2.75, 3.05) is 18.0 Å². The van der Waals surface area contributed by atoms with E-state index in [0.717, 1.165) is 5.52 Å². The number of aromatic nitrogens is 4. The minimum atomic E-state index is -4.53. The van der Waals surface area contributed by atoms with Gasteiger partial charge in [-0.05, 0) is 12.1 Å². The van der Waals surface area contributed by atoms with Gasteiger partial charge in [-0.3, -0.25) is 19.7 Å². The van der Waals surface area contributed by atoms with Crippen molar-refractivity contribution < 1.29 is 27.5 Å². The normalized spacial score (nSPS) is 22.2. The summed E-state index contributed by atoms with van der Waals surface area (Å²) < 4.78 is 43.1. The summed E-state index contributed by atoms with van der Waals surface area (Å²) in [6.45, 7) is -1.95. The molecule has 32 heavy (non-hydrogen) atoms. The summed E-state index contributed by atoms with van der Waals surface area (Å²) in [5, 5.41) is 8.52. The molecule has 2 amide bonds. The molecule has 0 saturated heterocycles. The third-order valence-electron chi connectivity index (χ3n) is 5.76. The quantitative estimate of drug-likeness (QED) is 0.619. The Morgan fingerprint density at radius 3 is 2.88 bits per heavy atom. The molecular weight excluding hydrogens is 429 g/mol. The molecule has 0 bridgehead atoms. The van der Waals surface area contributed by atoms with Crippen LogP contribution in [0.1, 0.15) is 18.4 Å². The highest BCUT2D eigenvalue weighted by Crippen LogP contribution is 2.53. The topological polar surface area (TPSA) is 113 Å². The Kier molecular flexibility index (Phi) is 4.53. The van der Waals surface area contributed by atoms with Crippen molar-refractivity contribution in [3.05, 3.63) is 42.4 Å². The first kappa shape index (κ1) is 20.2. The number of H-pyrrole nitrogens is 1. The minimum Gasteiger partial charge on any atom is -0.474 e. The standard InChI is InChI=1S/C20H17F3N6O3/c21-20(22,23)10-25-16(30)9-29-15-3-4-24-7-12(15)19(18(29)31)5-11(6-19)32-17-2-1-13-14(27-17)8-26-28-13/h1-4,7-8,11H,5-6,9-10H2,(H,25,30)(H,26,28). The molecule has 166 valence electrons. The van der Waals surface area contributed by atoms with Gasteiger partial charge in [-0.2, -0.15) is 18.3 Å². The smallest absolute Gasteiger partial charge is 0.405 e. The van der Waals surface area contributed by atoms with E-state index in [-0.39, 0.29) is 12.0 Å². The Labute approximate surface area is 179 Å². The number of ether oxygens (including phenoxy) is 1. The molecule has 5 rings (SSSR count). The number of pyridine rings is 2. The van der Waals surface area contributed by atoms with Gasteiger partial charge in [-0.15, -0.1) is 0 Å². The summed E-state index contributed by atoms with van der Waals surface area (Å²) in [4.78, 5) is 35.0. The van der Waals surface area contributed by atoms with Gasteiger partial charge in [0.15, 0.2) is 0 Å². The Hall–Kier alpha value is -3.70. The van der Waals surface area contributed by atoms with Crippen LogP contribution in [0.2, 0.25) is 0 Å². The highest BCUT2D eigenvalue weighted by Gasteiger charge is 2.59. The monoisotopic (exact) mass is 446 g/mol. The summed E-state index contributed by atoms with van der Waals surface area (Å²) in [6, 6.07) is 5.08. The number of aromatic amines is 1. The molecule has 3 aromatic rings. The van der Waals surface area contributed by atoms with Gasteiger partial charge in [0.05, 0.1) is 22.8 Å². The van der Waals surface area contributed by atoms with Crippen LogP contribution >= 0.6 is 0 Å². The number of hydrogen-bond acceptors (Lipinski definition) is 6. The molecule has 2 N–H and O–H groups in total. The number of anilines is 1. The number of nitrogens with zero attached hydrogens (tertiary/aromatic N) is 4. The third kappa shape index (κ3) is 3.41. The zero-order chi connectivity index (χ0) is 22.5. The van der Waals surface area contributed by atoms with E-state index in [0.29, 0.717) is 35.5 Å². The second-order valence-corrected chi connectivity index (χ2v) is 7.86. The first-order chi connectivity index (χ1) is 15.2. The van der Waals surface area contributed by atoms with Gasteiger partial charge in [0.2, 0.25) is 17.7 Å². The highest BCUT2D eigenvalue weighted by molar-refractivity contribution is 6.11.